The van der Waals surface area contributed by atoms with E-state index in [1.165, 1.54) is 12.1 Å². The molecule has 106 valence electrons. The van der Waals surface area contributed by atoms with Crippen LogP contribution in [-0.2, 0) is 0 Å². The Balaban J connectivity index is 1.95. The third-order valence-corrected chi connectivity index (χ3v) is 3.28. The zero-order valence-electron chi connectivity index (χ0n) is 10.9. The van der Waals surface area contributed by atoms with Gasteiger partial charge in [0.1, 0.15) is 5.82 Å². The number of aliphatic hydroxyl groups excluding tert-OH is 1. The van der Waals surface area contributed by atoms with E-state index in [1.54, 1.807) is 24.7 Å². The fraction of sp³-hybridized carbons (Fsp3) is 0.286. The van der Waals surface area contributed by atoms with Crippen LogP contribution < -0.4 is 5.32 Å². The Hall–Kier alpha value is -1.56. The molecule has 0 bridgehead atoms. The largest absolute Gasteiger partial charge is 0.387 e. The molecule has 0 saturated carbocycles. The first-order chi connectivity index (χ1) is 9.58. The van der Waals surface area contributed by atoms with E-state index < -0.39 is 11.9 Å². The zero-order chi connectivity index (χ0) is 14.5. The summed E-state index contributed by atoms with van der Waals surface area (Å²) in [6.07, 6.45) is 4.05. The molecule has 0 spiro atoms. The first kappa shape index (κ1) is 14.8. The molecule has 1 heterocycles. The van der Waals surface area contributed by atoms with Gasteiger partial charge in [-0.15, -0.1) is 0 Å². The highest BCUT2D eigenvalue weighted by molar-refractivity contribution is 6.30. The molecule has 2 N–H and O–H groups in total. The van der Waals surface area contributed by atoms with Gasteiger partial charge in [0, 0.05) is 31.2 Å². The molecule has 20 heavy (non-hydrogen) atoms. The van der Waals surface area contributed by atoms with Gasteiger partial charge in [0.2, 0.25) is 0 Å². The van der Waals surface area contributed by atoms with Gasteiger partial charge < -0.3 is 10.4 Å². The maximum atomic E-state index is 13.3. The van der Waals surface area contributed by atoms with Crippen molar-refractivity contribution < 1.29 is 9.50 Å². The molecule has 0 aliphatic carbocycles. The van der Waals surface area contributed by atoms with Crippen LogP contribution in [0.3, 0.4) is 0 Å². The number of nitrogens with one attached hydrogen (secondary N) is 1. The molecule has 0 amide bonds. The molecule has 2 rings (SSSR count). The minimum atomic E-state index is -0.819. The van der Waals surface area contributed by atoms with Gasteiger partial charge in [-0.2, -0.15) is 0 Å². The van der Waals surface area contributed by atoms with Crippen LogP contribution in [0.2, 0.25) is 5.02 Å². The lowest BCUT2D eigenvalue weighted by atomic mass is 10.1. The van der Waals surface area contributed by atoms with Crippen molar-refractivity contribution >= 4 is 11.6 Å². The Kier molecular flexibility index (Phi) is 5.00. The molecule has 0 aliphatic heterocycles. The zero-order valence-corrected chi connectivity index (χ0v) is 11.7. The van der Waals surface area contributed by atoms with Crippen molar-refractivity contribution in [3.8, 4) is 0 Å². The maximum Gasteiger partial charge on any atom is 0.142 e. The highest BCUT2D eigenvalue weighted by atomic mass is 35.5. The van der Waals surface area contributed by atoms with E-state index in [0.717, 1.165) is 5.69 Å². The first-order valence-electron chi connectivity index (χ1n) is 6.20. The second kappa shape index (κ2) is 6.74. The molecule has 0 fully saturated rings. The summed E-state index contributed by atoms with van der Waals surface area (Å²) < 4.78 is 13.3. The van der Waals surface area contributed by atoms with Crippen LogP contribution in [0.4, 0.5) is 4.39 Å². The highest BCUT2D eigenvalue weighted by Gasteiger charge is 2.13. The van der Waals surface area contributed by atoms with E-state index in [0.29, 0.717) is 5.56 Å². The van der Waals surface area contributed by atoms with Crippen molar-refractivity contribution in [2.75, 3.05) is 6.54 Å². The summed E-state index contributed by atoms with van der Waals surface area (Å²) in [5.74, 6) is -0.537. The average Bonchev–Trinajstić information content (AvgIpc) is 2.48. The number of rotatable bonds is 5. The van der Waals surface area contributed by atoms with Crippen molar-refractivity contribution in [1.29, 1.82) is 0 Å². The van der Waals surface area contributed by atoms with Crippen LogP contribution in [0, 0.1) is 5.82 Å². The van der Waals surface area contributed by atoms with E-state index >= 15 is 0 Å². The molecule has 2 aromatic rings. The van der Waals surface area contributed by atoms with Crippen LogP contribution in [0.5, 0.6) is 0 Å². The number of hydrogen-bond acceptors (Lipinski definition) is 4. The van der Waals surface area contributed by atoms with Crippen LogP contribution >= 0.6 is 11.6 Å². The molecule has 1 aromatic heterocycles. The maximum absolute atomic E-state index is 13.3. The van der Waals surface area contributed by atoms with E-state index in [4.69, 9.17) is 11.6 Å². The molecule has 0 saturated heterocycles. The number of aliphatic hydroxyl groups is 1. The van der Waals surface area contributed by atoms with Crippen LogP contribution in [0.15, 0.2) is 36.8 Å². The normalized spacial score (nSPS) is 14.0. The standard InChI is InChI=1S/C14H15ClFN3O/c1-9(13-7-17-4-5-18-13)19-8-14(20)10-2-3-11(15)12(16)6-10/h2-7,9,14,19-20H,8H2,1H3. The quantitative estimate of drug-likeness (QED) is 0.890. The van der Waals surface area contributed by atoms with E-state index in [9.17, 15) is 9.50 Å². The highest BCUT2D eigenvalue weighted by Crippen LogP contribution is 2.20. The van der Waals surface area contributed by atoms with Crippen molar-refractivity contribution in [1.82, 2.24) is 15.3 Å². The van der Waals surface area contributed by atoms with E-state index in [2.05, 4.69) is 15.3 Å². The van der Waals surface area contributed by atoms with Crippen molar-refractivity contribution in [2.45, 2.75) is 19.1 Å². The average molecular weight is 296 g/mol. The van der Waals surface area contributed by atoms with Gasteiger partial charge in [-0.05, 0) is 24.6 Å². The van der Waals surface area contributed by atoms with Gasteiger partial charge in [0.05, 0.1) is 16.8 Å². The number of aromatic nitrogens is 2. The monoisotopic (exact) mass is 295 g/mol. The van der Waals surface area contributed by atoms with Gasteiger partial charge >= 0.3 is 0 Å². The molecule has 1 aromatic carbocycles. The molecule has 4 nitrogen and oxygen atoms in total. The predicted octanol–water partition coefficient (Wildman–Crippen LogP) is 2.65. The van der Waals surface area contributed by atoms with Crippen LogP contribution in [0.25, 0.3) is 0 Å². The van der Waals surface area contributed by atoms with Gasteiger partial charge in [0.15, 0.2) is 0 Å². The molecule has 2 unspecified atom stereocenters. The van der Waals surface area contributed by atoms with E-state index in [-0.39, 0.29) is 17.6 Å². The third kappa shape index (κ3) is 3.72. The van der Waals surface area contributed by atoms with Crippen molar-refractivity contribution in [2.24, 2.45) is 0 Å². The summed E-state index contributed by atoms with van der Waals surface area (Å²) in [7, 11) is 0. The lowest BCUT2D eigenvalue weighted by molar-refractivity contribution is 0.170. The number of benzene rings is 1. The molecule has 6 heteroatoms. The van der Waals surface area contributed by atoms with Crippen LogP contribution in [0.1, 0.15) is 30.3 Å². The number of halogens is 2. The third-order valence-electron chi connectivity index (χ3n) is 2.97. The van der Waals surface area contributed by atoms with Gasteiger partial charge in [-0.3, -0.25) is 9.97 Å². The van der Waals surface area contributed by atoms with Crippen molar-refractivity contribution in [3.63, 3.8) is 0 Å². The molecule has 0 radical (unpaired) electrons. The Morgan fingerprint density at radius 3 is 2.85 bits per heavy atom. The summed E-state index contributed by atoms with van der Waals surface area (Å²) in [4.78, 5) is 8.15. The van der Waals surface area contributed by atoms with Gasteiger partial charge in [-0.25, -0.2) is 4.39 Å². The number of nitrogens with zero attached hydrogens (tertiary/aromatic N) is 2. The first-order valence-corrected chi connectivity index (χ1v) is 6.58. The second-order valence-electron chi connectivity index (χ2n) is 4.45. The molecular formula is C14H15ClFN3O. The summed E-state index contributed by atoms with van der Waals surface area (Å²) in [5, 5.41) is 13.2. The minimum absolute atomic E-state index is 0.0434. The minimum Gasteiger partial charge on any atom is -0.387 e. The SMILES string of the molecule is CC(NCC(O)c1ccc(Cl)c(F)c1)c1cnccn1. The Morgan fingerprint density at radius 1 is 1.40 bits per heavy atom. The topological polar surface area (TPSA) is 58.0 Å². The van der Waals surface area contributed by atoms with Gasteiger partial charge in [0.25, 0.3) is 0 Å². The lowest BCUT2D eigenvalue weighted by Crippen LogP contribution is -2.25. The Labute approximate surface area is 121 Å². The van der Waals surface area contributed by atoms with Crippen LogP contribution in [-0.4, -0.2) is 21.6 Å². The summed E-state index contributed by atoms with van der Waals surface area (Å²) in [6.45, 7) is 2.19. The second-order valence-corrected chi connectivity index (χ2v) is 4.86. The molecular weight excluding hydrogens is 281 g/mol. The van der Waals surface area contributed by atoms with Gasteiger partial charge in [-0.1, -0.05) is 17.7 Å². The smallest absolute Gasteiger partial charge is 0.142 e. The summed E-state index contributed by atoms with van der Waals surface area (Å²) >= 11 is 5.61. The fourth-order valence-corrected chi connectivity index (χ4v) is 1.88. The van der Waals surface area contributed by atoms with Crippen molar-refractivity contribution in [3.05, 3.63) is 58.9 Å². The lowest BCUT2D eigenvalue weighted by Gasteiger charge is -2.17. The Morgan fingerprint density at radius 2 is 2.20 bits per heavy atom. The molecule has 0 aliphatic rings. The summed E-state index contributed by atoms with van der Waals surface area (Å²) in [6, 6.07) is 4.21. The fourth-order valence-electron chi connectivity index (χ4n) is 1.76. The predicted molar refractivity (Wildman–Crippen MR) is 74.8 cm³/mol. The number of hydrogen-bond donors (Lipinski definition) is 2. The molecule has 2 atom stereocenters. The summed E-state index contributed by atoms with van der Waals surface area (Å²) in [5.41, 5.74) is 1.26. The Bertz CT molecular complexity index is 568. The van der Waals surface area contributed by atoms with E-state index in [1.807, 2.05) is 6.92 Å².